The Balaban J connectivity index is 1.63. The maximum absolute atomic E-state index is 11.3. The van der Waals surface area contributed by atoms with Gasteiger partial charge in [-0.3, -0.25) is 15.5 Å². The Morgan fingerprint density at radius 1 is 1.19 bits per heavy atom. The van der Waals surface area contributed by atoms with Crippen molar-refractivity contribution in [2.45, 2.75) is 12.8 Å². The van der Waals surface area contributed by atoms with E-state index in [1.807, 2.05) is 18.2 Å². The van der Waals surface area contributed by atoms with Gasteiger partial charge in [-0.2, -0.15) is 5.10 Å². The number of allylic oxidation sites excluding steroid dienone is 2. The fourth-order valence-corrected chi connectivity index (χ4v) is 3.75. The Labute approximate surface area is 179 Å². The second-order valence-electron chi connectivity index (χ2n) is 7.14. The van der Waals surface area contributed by atoms with Gasteiger partial charge in [-0.25, -0.2) is 9.97 Å². The number of anilines is 2. The molecule has 0 bridgehead atoms. The van der Waals surface area contributed by atoms with Crippen molar-refractivity contribution in [3.63, 3.8) is 0 Å². The van der Waals surface area contributed by atoms with Crippen molar-refractivity contribution >= 4 is 29.6 Å². The van der Waals surface area contributed by atoms with Gasteiger partial charge in [0.1, 0.15) is 6.33 Å². The van der Waals surface area contributed by atoms with Crippen LogP contribution in [0.4, 0.5) is 17.3 Å². The first-order valence-electron chi connectivity index (χ1n) is 9.99. The zero-order valence-corrected chi connectivity index (χ0v) is 16.9. The minimum Gasteiger partial charge on any atom is -0.378 e. The maximum atomic E-state index is 11.3. The maximum Gasteiger partial charge on any atom is 0.354 e. The highest BCUT2D eigenvalue weighted by Crippen LogP contribution is 2.35. The molecule has 1 aromatic heterocycles. The van der Waals surface area contributed by atoms with Gasteiger partial charge in [-0.15, -0.1) is 0 Å². The Morgan fingerprint density at radius 2 is 1.97 bits per heavy atom. The van der Waals surface area contributed by atoms with Gasteiger partial charge in [0.2, 0.25) is 11.6 Å². The van der Waals surface area contributed by atoms with E-state index in [4.69, 9.17) is 10.5 Å². The summed E-state index contributed by atoms with van der Waals surface area (Å²) in [5.74, 6) is -0.250. The van der Waals surface area contributed by atoms with Gasteiger partial charge in [0.15, 0.2) is 0 Å². The molecule has 1 aromatic carbocycles. The van der Waals surface area contributed by atoms with E-state index in [2.05, 4.69) is 43.6 Å². The lowest BCUT2D eigenvalue weighted by Crippen LogP contribution is -2.36. The van der Waals surface area contributed by atoms with Crippen LogP contribution in [0, 0.1) is 10.1 Å². The molecule has 3 N–H and O–H groups in total. The summed E-state index contributed by atoms with van der Waals surface area (Å²) in [5.41, 5.74) is 12.5. The number of aromatic nitrogens is 2. The molecular weight excluding hydrogens is 398 g/mol. The number of hydrogen-bond acceptors (Lipinski definition) is 9. The number of morpholine rings is 1. The number of nitro groups is 1. The third kappa shape index (κ3) is 4.69. The molecule has 160 valence electrons. The van der Waals surface area contributed by atoms with E-state index in [1.54, 1.807) is 6.21 Å². The van der Waals surface area contributed by atoms with E-state index in [-0.39, 0.29) is 11.6 Å². The molecule has 2 aliphatic rings. The fraction of sp³-hybridized carbons (Fsp3) is 0.286. The van der Waals surface area contributed by atoms with Crippen LogP contribution in [0.15, 0.2) is 58.6 Å². The Bertz CT molecular complexity index is 1040. The summed E-state index contributed by atoms with van der Waals surface area (Å²) in [7, 11) is 0. The molecule has 0 radical (unpaired) electrons. The Morgan fingerprint density at radius 3 is 2.71 bits per heavy atom. The molecule has 31 heavy (non-hydrogen) atoms. The van der Waals surface area contributed by atoms with Crippen LogP contribution in [-0.2, 0) is 4.74 Å². The van der Waals surface area contributed by atoms with Gasteiger partial charge in [0.25, 0.3) is 0 Å². The lowest BCUT2D eigenvalue weighted by Gasteiger charge is -2.31. The summed E-state index contributed by atoms with van der Waals surface area (Å²) < 4.78 is 5.51. The van der Waals surface area contributed by atoms with Crippen molar-refractivity contribution in [2.24, 2.45) is 5.10 Å². The number of nitrogens with one attached hydrogen (secondary N) is 1. The minimum atomic E-state index is -0.623. The summed E-state index contributed by atoms with van der Waals surface area (Å²) in [5, 5.41) is 15.5. The van der Waals surface area contributed by atoms with Gasteiger partial charge >= 0.3 is 5.69 Å². The molecule has 1 aliphatic carbocycles. The molecule has 1 fully saturated rings. The molecular formula is C21H23N7O3. The molecule has 10 heteroatoms. The van der Waals surface area contributed by atoms with Gasteiger partial charge in [-0.1, -0.05) is 30.3 Å². The molecule has 1 saturated heterocycles. The molecule has 2 aromatic rings. The number of nitrogens with two attached hydrogens (primary N) is 1. The van der Waals surface area contributed by atoms with E-state index in [0.717, 1.165) is 49.1 Å². The number of nitrogen functional groups attached to an aromatic ring is 1. The van der Waals surface area contributed by atoms with Gasteiger partial charge < -0.3 is 15.4 Å². The van der Waals surface area contributed by atoms with Gasteiger partial charge in [0.05, 0.1) is 24.4 Å². The molecule has 1 aliphatic heterocycles. The molecule has 0 saturated carbocycles. The van der Waals surface area contributed by atoms with E-state index >= 15 is 0 Å². The van der Waals surface area contributed by atoms with Crippen molar-refractivity contribution in [2.75, 3.05) is 37.5 Å². The zero-order chi connectivity index (χ0) is 21.6. The van der Waals surface area contributed by atoms with Crippen LogP contribution in [0.3, 0.4) is 0 Å². The number of ether oxygens (including phenoxy) is 1. The first-order chi connectivity index (χ1) is 15.1. The highest BCUT2D eigenvalue weighted by molar-refractivity contribution is 5.84. The molecule has 2 heterocycles. The standard InChI is InChI=1S/C21H23N7O3/c22-20-19(28(29)30)21(24-14-23-20)26-25-13-17-7-6-16(12-15-4-2-1-3-5-15)18(17)27-8-10-31-11-9-27/h1-5,12-14H,6-11H2,(H3,22,23,24,26). The van der Waals surface area contributed by atoms with Crippen molar-refractivity contribution in [1.29, 1.82) is 0 Å². The predicted octanol–water partition coefficient (Wildman–Crippen LogP) is 2.83. The average molecular weight is 421 g/mol. The van der Waals surface area contributed by atoms with Crippen molar-refractivity contribution in [1.82, 2.24) is 14.9 Å². The van der Waals surface area contributed by atoms with Crippen LogP contribution < -0.4 is 11.2 Å². The summed E-state index contributed by atoms with van der Waals surface area (Å²) in [6.45, 7) is 2.97. The van der Waals surface area contributed by atoms with Crippen molar-refractivity contribution in [3.8, 4) is 0 Å². The Hall–Kier alpha value is -3.79. The third-order valence-electron chi connectivity index (χ3n) is 5.16. The van der Waals surface area contributed by atoms with E-state index in [1.165, 1.54) is 5.57 Å². The third-order valence-corrected chi connectivity index (χ3v) is 5.16. The molecule has 0 atom stereocenters. The second-order valence-corrected chi connectivity index (χ2v) is 7.14. The summed E-state index contributed by atoms with van der Waals surface area (Å²) in [4.78, 5) is 20.5. The summed E-state index contributed by atoms with van der Waals surface area (Å²) >= 11 is 0. The van der Waals surface area contributed by atoms with Crippen LogP contribution in [0.25, 0.3) is 6.08 Å². The fourth-order valence-electron chi connectivity index (χ4n) is 3.75. The largest absolute Gasteiger partial charge is 0.378 e. The molecule has 10 nitrogen and oxygen atoms in total. The van der Waals surface area contributed by atoms with Crippen LogP contribution in [0.1, 0.15) is 18.4 Å². The lowest BCUT2D eigenvalue weighted by atomic mass is 10.1. The van der Waals surface area contributed by atoms with Crippen molar-refractivity contribution < 1.29 is 9.66 Å². The first kappa shape index (κ1) is 20.5. The van der Waals surface area contributed by atoms with E-state index in [9.17, 15) is 10.1 Å². The van der Waals surface area contributed by atoms with Crippen LogP contribution in [0.5, 0.6) is 0 Å². The average Bonchev–Trinajstić information content (AvgIpc) is 3.17. The Kier molecular flexibility index (Phi) is 6.18. The first-order valence-corrected chi connectivity index (χ1v) is 9.99. The lowest BCUT2D eigenvalue weighted by molar-refractivity contribution is -0.383. The second kappa shape index (κ2) is 9.35. The topological polar surface area (TPSA) is 132 Å². The number of nitrogens with zero attached hydrogens (tertiary/aromatic N) is 5. The smallest absolute Gasteiger partial charge is 0.354 e. The number of hydrazone groups is 1. The molecule has 4 rings (SSSR count). The molecule has 0 spiro atoms. The number of benzene rings is 1. The summed E-state index contributed by atoms with van der Waals surface area (Å²) in [6, 6.07) is 10.2. The van der Waals surface area contributed by atoms with Gasteiger partial charge in [0, 0.05) is 18.8 Å². The van der Waals surface area contributed by atoms with Crippen LogP contribution in [0.2, 0.25) is 0 Å². The number of rotatable bonds is 6. The van der Waals surface area contributed by atoms with Crippen molar-refractivity contribution in [3.05, 3.63) is 69.2 Å². The highest BCUT2D eigenvalue weighted by atomic mass is 16.6. The van der Waals surface area contributed by atoms with E-state index in [0.29, 0.717) is 13.2 Å². The molecule has 0 amide bonds. The zero-order valence-electron chi connectivity index (χ0n) is 16.9. The van der Waals surface area contributed by atoms with E-state index < -0.39 is 10.6 Å². The molecule has 0 unspecified atom stereocenters. The quantitative estimate of drug-likeness (QED) is 0.413. The van der Waals surface area contributed by atoms with Crippen LogP contribution >= 0.6 is 0 Å². The normalized spacial score (nSPS) is 18.2. The SMILES string of the molecule is Nc1ncnc(NN=CC2=C(N3CCOCC3)C(=Cc3ccccc3)CC2)c1[N+](=O)[O-]. The minimum absolute atomic E-state index is 0.0414. The van der Waals surface area contributed by atoms with Gasteiger partial charge in [-0.05, 0) is 35.6 Å². The predicted molar refractivity (Wildman–Crippen MR) is 118 cm³/mol. The highest BCUT2D eigenvalue weighted by Gasteiger charge is 2.26. The summed E-state index contributed by atoms with van der Waals surface area (Å²) in [6.07, 6.45) is 6.79. The monoisotopic (exact) mass is 421 g/mol. The van der Waals surface area contributed by atoms with Crippen LogP contribution in [-0.4, -0.2) is 52.3 Å². The number of hydrogen-bond donors (Lipinski definition) is 2.